The number of fused-ring (bicyclic) bond motifs is 1. The first-order valence-corrected chi connectivity index (χ1v) is 4.48. The predicted octanol–water partition coefficient (Wildman–Crippen LogP) is 1.54. The number of allylic oxidation sites excluding steroid dienone is 1. The second kappa shape index (κ2) is 2.74. The Morgan fingerprint density at radius 3 is 2.86 bits per heavy atom. The summed E-state index contributed by atoms with van der Waals surface area (Å²) in [6, 6.07) is 1.79. The van der Waals surface area contributed by atoms with Crippen LogP contribution >= 0.6 is 0 Å². The molecule has 0 aliphatic heterocycles. The summed E-state index contributed by atoms with van der Waals surface area (Å²) in [5.41, 5.74) is 2.04. The number of aromatic nitrogens is 1. The molecule has 14 heavy (non-hydrogen) atoms. The van der Waals surface area contributed by atoms with E-state index < -0.39 is 6.40 Å². The monoisotopic (exact) mass is 192 g/mol. The Labute approximate surface area is 83.7 Å². The molecule has 3 nitrogen and oxygen atoms in total. The van der Waals surface area contributed by atoms with E-state index in [0.29, 0.717) is 16.7 Å². The number of aryl methyl sites for hydroxylation is 1. The highest BCUT2D eigenvalue weighted by Crippen LogP contribution is 2.28. The maximum atomic E-state index is 11.9. The molecule has 0 radical (unpaired) electrons. The van der Waals surface area contributed by atoms with Gasteiger partial charge >= 0.3 is 0 Å². The van der Waals surface area contributed by atoms with E-state index in [0.717, 1.165) is 5.69 Å². The number of aliphatic hydroxyl groups excluding tert-OH is 1. The van der Waals surface area contributed by atoms with Gasteiger partial charge in [0.1, 0.15) is 5.76 Å². The van der Waals surface area contributed by atoms with Crippen LogP contribution in [0.4, 0.5) is 0 Å². The first-order chi connectivity index (χ1) is 6.95. The van der Waals surface area contributed by atoms with Crippen LogP contribution in [0, 0.1) is 6.92 Å². The average molecular weight is 192 g/mol. The third-order valence-corrected chi connectivity index (χ3v) is 2.68. The highest BCUT2D eigenvalue weighted by Gasteiger charge is 2.22. The minimum atomic E-state index is -0.604. The van der Waals surface area contributed by atoms with Gasteiger partial charge in [0, 0.05) is 14.1 Å². The van der Waals surface area contributed by atoms with Crippen molar-refractivity contribution in [1.82, 2.24) is 4.57 Å². The number of rotatable bonds is 0. The standard InChI is InChI=1S/C11H13NO2/c1-6-4-8-5-7(2)12(3)11(14)9(8)10(6)13/h5,13H,4H2,1-3H3/i4D. The van der Waals surface area contributed by atoms with Crippen LogP contribution < -0.4 is 5.56 Å². The SMILES string of the molecule is [2H]C1C(C)=C(O)c2c1cc(C)n(C)c2=O. The van der Waals surface area contributed by atoms with Crippen molar-refractivity contribution in [2.45, 2.75) is 20.2 Å². The van der Waals surface area contributed by atoms with E-state index in [4.69, 9.17) is 1.37 Å². The lowest BCUT2D eigenvalue weighted by molar-refractivity contribution is 0.507. The van der Waals surface area contributed by atoms with Gasteiger partial charge in [-0.05, 0) is 37.4 Å². The van der Waals surface area contributed by atoms with Gasteiger partial charge < -0.3 is 9.67 Å². The van der Waals surface area contributed by atoms with E-state index in [1.165, 1.54) is 4.57 Å². The maximum Gasteiger partial charge on any atom is 0.261 e. The van der Waals surface area contributed by atoms with Gasteiger partial charge in [0.25, 0.3) is 5.56 Å². The van der Waals surface area contributed by atoms with Gasteiger partial charge in [-0.2, -0.15) is 0 Å². The number of nitrogens with zero attached hydrogens (tertiary/aromatic N) is 1. The van der Waals surface area contributed by atoms with Crippen molar-refractivity contribution in [1.29, 1.82) is 0 Å². The van der Waals surface area contributed by atoms with E-state index in [-0.39, 0.29) is 11.3 Å². The molecule has 0 saturated heterocycles. The van der Waals surface area contributed by atoms with Gasteiger partial charge in [0.2, 0.25) is 0 Å². The maximum absolute atomic E-state index is 11.9. The molecule has 1 aromatic rings. The molecule has 1 aliphatic rings. The second-order valence-corrected chi connectivity index (χ2v) is 3.66. The number of aliphatic hydroxyl groups is 1. The summed E-state index contributed by atoms with van der Waals surface area (Å²) in [6.07, 6.45) is -0.604. The van der Waals surface area contributed by atoms with Crippen LogP contribution in [0.2, 0.25) is 0 Å². The Bertz CT molecular complexity index is 528. The summed E-state index contributed by atoms with van der Waals surface area (Å²) in [5.74, 6) is -0.0226. The predicted molar refractivity (Wildman–Crippen MR) is 55.3 cm³/mol. The molecule has 1 N–H and O–H groups in total. The Balaban J connectivity index is 2.86. The van der Waals surface area contributed by atoms with Crippen LogP contribution in [0.1, 0.15) is 25.1 Å². The average Bonchev–Trinajstić information content (AvgIpc) is 2.40. The summed E-state index contributed by atoms with van der Waals surface area (Å²) in [6.45, 7) is 3.50. The van der Waals surface area contributed by atoms with E-state index in [1.807, 2.05) is 6.92 Å². The molecule has 0 aromatic carbocycles. The van der Waals surface area contributed by atoms with Crippen LogP contribution in [-0.2, 0) is 13.4 Å². The van der Waals surface area contributed by atoms with E-state index >= 15 is 0 Å². The zero-order chi connectivity index (χ0) is 11.3. The first kappa shape index (κ1) is 7.85. The molecular weight excluding hydrogens is 178 g/mol. The van der Waals surface area contributed by atoms with Crippen LogP contribution in [0.25, 0.3) is 5.76 Å². The minimum Gasteiger partial charge on any atom is -0.507 e. The summed E-state index contributed by atoms with van der Waals surface area (Å²) in [4.78, 5) is 11.9. The van der Waals surface area contributed by atoms with Gasteiger partial charge in [0.05, 0.1) is 5.56 Å². The lowest BCUT2D eigenvalue weighted by Gasteiger charge is -2.07. The van der Waals surface area contributed by atoms with Gasteiger partial charge in [-0.3, -0.25) is 4.79 Å². The van der Waals surface area contributed by atoms with Gasteiger partial charge in [-0.25, -0.2) is 0 Å². The van der Waals surface area contributed by atoms with Crippen LogP contribution in [0.15, 0.2) is 16.4 Å². The van der Waals surface area contributed by atoms with E-state index in [2.05, 4.69) is 0 Å². The molecule has 0 amide bonds. The van der Waals surface area contributed by atoms with Crippen molar-refractivity contribution in [3.63, 3.8) is 0 Å². The fourth-order valence-corrected chi connectivity index (χ4v) is 1.70. The minimum absolute atomic E-state index is 0.0226. The third-order valence-electron chi connectivity index (χ3n) is 2.68. The van der Waals surface area contributed by atoms with Crippen molar-refractivity contribution in [2.75, 3.05) is 0 Å². The van der Waals surface area contributed by atoms with Crippen LogP contribution in [0.5, 0.6) is 0 Å². The molecule has 1 aliphatic carbocycles. The Morgan fingerprint density at radius 2 is 2.21 bits per heavy atom. The molecule has 0 fully saturated rings. The second-order valence-electron chi connectivity index (χ2n) is 3.66. The lowest BCUT2D eigenvalue weighted by Crippen LogP contribution is -2.23. The lowest BCUT2D eigenvalue weighted by atomic mass is 10.1. The topological polar surface area (TPSA) is 42.2 Å². The van der Waals surface area contributed by atoms with Crippen LogP contribution in [-0.4, -0.2) is 9.67 Å². The normalized spacial score (nSPS) is 21.1. The molecule has 1 aromatic heterocycles. The smallest absolute Gasteiger partial charge is 0.261 e. The summed E-state index contributed by atoms with van der Waals surface area (Å²) in [7, 11) is 1.66. The van der Waals surface area contributed by atoms with Gasteiger partial charge in [-0.1, -0.05) is 0 Å². The van der Waals surface area contributed by atoms with E-state index in [1.54, 1.807) is 20.0 Å². The number of hydrogen-bond donors (Lipinski definition) is 1. The molecule has 1 heterocycles. The zero-order valence-corrected chi connectivity index (χ0v) is 8.46. The molecule has 3 heteroatoms. The highest BCUT2D eigenvalue weighted by molar-refractivity contribution is 5.69. The molecule has 2 rings (SSSR count). The van der Waals surface area contributed by atoms with Gasteiger partial charge in [-0.15, -0.1) is 0 Å². The molecular formula is C11H13NO2. The molecule has 1 unspecified atom stereocenters. The van der Waals surface area contributed by atoms with Crippen molar-refractivity contribution in [3.05, 3.63) is 38.8 Å². The number of hydrogen-bond acceptors (Lipinski definition) is 2. The third kappa shape index (κ3) is 1.02. The Kier molecular flexibility index (Phi) is 1.54. The van der Waals surface area contributed by atoms with Gasteiger partial charge in [0.15, 0.2) is 0 Å². The molecule has 74 valence electrons. The van der Waals surface area contributed by atoms with E-state index in [9.17, 15) is 9.90 Å². The molecule has 1 atom stereocenters. The summed E-state index contributed by atoms with van der Waals surface area (Å²) < 4.78 is 9.33. The fourth-order valence-electron chi connectivity index (χ4n) is 1.70. The zero-order valence-electron chi connectivity index (χ0n) is 9.46. The van der Waals surface area contributed by atoms with Crippen molar-refractivity contribution < 1.29 is 6.48 Å². The molecule has 0 spiro atoms. The first-order valence-electron chi connectivity index (χ1n) is 5.05. The van der Waals surface area contributed by atoms with Crippen LogP contribution in [0.3, 0.4) is 0 Å². The number of pyridine rings is 1. The quantitative estimate of drug-likeness (QED) is 0.677. The molecule has 0 saturated carbocycles. The van der Waals surface area contributed by atoms with Crippen molar-refractivity contribution in [2.24, 2.45) is 7.05 Å². The Hall–Kier alpha value is -1.51. The molecule has 0 bridgehead atoms. The van der Waals surface area contributed by atoms with Crippen molar-refractivity contribution in [3.8, 4) is 0 Å². The summed E-state index contributed by atoms with van der Waals surface area (Å²) in [5, 5.41) is 9.76. The highest BCUT2D eigenvalue weighted by atomic mass is 16.3. The largest absolute Gasteiger partial charge is 0.507 e. The summed E-state index contributed by atoms with van der Waals surface area (Å²) >= 11 is 0. The fraction of sp³-hybridized carbons (Fsp3) is 0.364. The van der Waals surface area contributed by atoms with Crippen molar-refractivity contribution >= 4 is 5.76 Å². The Morgan fingerprint density at radius 1 is 1.57 bits per heavy atom.